The second kappa shape index (κ2) is 5.31. The van der Waals surface area contributed by atoms with Gasteiger partial charge in [-0.3, -0.25) is 19.5 Å². The molecule has 1 fully saturated rings. The zero-order valence-corrected chi connectivity index (χ0v) is 11.2. The number of hydrogen-bond acceptors (Lipinski definition) is 5. The summed E-state index contributed by atoms with van der Waals surface area (Å²) >= 11 is 4.95. The summed E-state index contributed by atoms with van der Waals surface area (Å²) in [5.41, 5.74) is 6.86. The minimum Gasteiger partial charge on any atom is -0.389 e. The summed E-state index contributed by atoms with van der Waals surface area (Å²) in [6.45, 7) is 0. The topological polar surface area (TPSA) is 88.3 Å². The second-order valence-electron chi connectivity index (χ2n) is 4.31. The molecule has 2 heterocycles. The van der Waals surface area contributed by atoms with Gasteiger partial charge in [0.05, 0.1) is 11.9 Å². The Bertz CT molecular complexity index is 546. The van der Waals surface area contributed by atoms with Gasteiger partial charge in [0, 0.05) is 25.2 Å². The van der Waals surface area contributed by atoms with Crippen molar-refractivity contribution in [3.05, 3.63) is 24.0 Å². The SMILES string of the molecule is CN1C(=O)CCC(Nc2cnccc2C(N)=S)C1=O. The lowest BCUT2D eigenvalue weighted by atomic mass is 10.0. The zero-order chi connectivity index (χ0) is 14.0. The molecule has 1 atom stereocenters. The van der Waals surface area contributed by atoms with Gasteiger partial charge in [-0.2, -0.15) is 0 Å². The molecule has 0 radical (unpaired) electrons. The van der Waals surface area contributed by atoms with Crippen LogP contribution in [0.4, 0.5) is 5.69 Å². The van der Waals surface area contributed by atoms with E-state index < -0.39 is 6.04 Å². The van der Waals surface area contributed by atoms with Crippen LogP contribution in [0.25, 0.3) is 0 Å². The molecule has 2 amide bonds. The molecule has 1 aromatic rings. The Labute approximate surface area is 116 Å². The summed E-state index contributed by atoms with van der Waals surface area (Å²) in [5, 5.41) is 3.06. The Morgan fingerprint density at radius 3 is 3.00 bits per heavy atom. The number of imide groups is 1. The van der Waals surface area contributed by atoms with Crippen molar-refractivity contribution in [1.82, 2.24) is 9.88 Å². The molecule has 0 bridgehead atoms. The third kappa shape index (κ3) is 2.70. The molecule has 7 heteroatoms. The molecule has 0 aromatic carbocycles. The van der Waals surface area contributed by atoms with Crippen LogP contribution < -0.4 is 11.1 Å². The van der Waals surface area contributed by atoms with Crippen LogP contribution in [-0.2, 0) is 9.59 Å². The molecular formula is C12H14N4O2S. The van der Waals surface area contributed by atoms with Crippen molar-refractivity contribution in [2.75, 3.05) is 12.4 Å². The number of nitrogens with one attached hydrogen (secondary N) is 1. The fraction of sp³-hybridized carbons (Fsp3) is 0.333. The van der Waals surface area contributed by atoms with Gasteiger partial charge < -0.3 is 11.1 Å². The molecule has 6 nitrogen and oxygen atoms in total. The first-order valence-electron chi connectivity index (χ1n) is 5.81. The summed E-state index contributed by atoms with van der Waals surface area (Å²) < 4.78 is 0. The van der Waals surface area contributed by atoms with E-state index in [9.17, 15) is 9.59 Å². The smallest absolute Gasteiger partial charge is 0.251 e. The number of thiocarbonyl (C=S) groups is 1. The molecule has 0 saturated carbocycles. The second-order valence-corrected chi connectivity index (χ2v) is 4.75. The predicted octanol–water partition coefficient (Wildman–Crippen LogP) is 0.275. The third-order valence-electron chi connectivity index (χ3n) is 3.07. The Kier molecular flexibility index (Phi) is 3.75. The number of pyridine rings is 1. The normalized spacial score (nSPS) is 19.4. The number of amides is 2. The van der Waals surface area contributed by atoms with Gasteiger partial charge in [0.2, 0.25) is 5.91 Å². The average molecular weight is 278 g/mol. The van der Waals surface area contributed by atoms with Crippen molar-refractivity contribution in [3.8, 4) is 0 Å². The number of hydrogen-bond donors (Lipinski definition) is 2. The van der Waals surface area contributed by atoms with E-state index in [1.807, 2.05) is 0 Å². The quantitative estimate of drug-likeness (QED) is 0.609. The summed E-state index contributed by atoms with van der Waals surface area (Å²) in [4.78, 5) is 28.7. The highest BCUT2D eigenvalue weighted by molar-refractivity contribution is 7.80. The van der Waals surface area contributed by atoms with E-state index in [0.29, 0.717) is 24.1 Å². The van der Waals surface area contributed by atoms with E-state index in [1.165, 1.54) is 7.05 Å². The van der Waals surface area contributed by atoms with Crippen molar-refractivity contribution < 1.29 is 9.59 Å². The number of anilines is 1. The van der Waals surface area contributed by atoms with Crippen LogP contribution in [0.15, 0.2) is 18.5 Å². The van der Waals surface area contributed by atoms with Crippen LogP contribution in [0, 0.1) is 0 Å². The molecule has 2 rings (SSSR count). The number of aromatic nitrogens is 1. The minimum atomic E-state index is -0.458. The lowest BCUT2D eigenvalue weighted by molar-refractivity contribution is -0.146. The number of likely N-dealkylation sites (N-methyl/N-ethyl adjacent to an activating group) is 1. The van der Waals surface area contributed by atoms with Crippen LogP contribution in [0.5, 0.6) is 0 Å². The van der Waals surface area contributed by atoms with Gasteiger partial charge in [-0.25, -0.2) is 0 Å². The Hall–Kier alpha value is -2.02. The fourth-order valence-corrected chi connectivity index (χ4v) is 2.14. The number of nitrogens with two attached hydrogens (primary N) is 1. The lowest BCUT2D eigenvalue weighted by Gasteiger charge is -2.29. The van der Waals surface area contributed by atoms with E-state index in [1.54, 1.807) is 18.5 Å². The monoisotopic (exact) mass is 278 g/mol. The van der Waals surface area contributed by atoms with Crippen molar-refractivity contribution >= 4 is 34.7 Å². The van der Waals surface area contributed by atoms with Gasteiger partial charge in [-0.1, -0.05) is 12.2 Å². The van der Waals surface area contributed by atoms with Crippen LogP contribution >= 0.6 is 12.2 Å². The number of carbonyl (C=O) groups excluding carboxylic acids is 2. The number of piperidine rings is 1. The average Bonchev–Trinajstić information content (AvgIpc) is 2.40. The highest BCUT2D eigenvalue weighted by Gasteiger charge is 2.32. The van der Waals surface area contributed by atoms with Gasteiger partial charge in [0.15, 0.2) is 0 Å². The molecule has 100 valence electrons. The molecule has 0 spiro atoms. The Morgan fingerprint density at radius 1 is 1.58 bits per heavy atom. The maximum absolute atomic E-state index is 12.0. The first-order valence-corrected chi connectivity index (χ1v) is 6.22. The summed E-state index contributed by atoms with van der Waals surface area (Å²) in [6.07, 6.45) is 3.94. The Morgan fingerprint density at radius 2 is 2.32 bits per heavy atom. The number of likely N-dealkylation sites (tertiary alicyclic amines) is 1. The Balaban J connectivity index is 2.20. The molecule has 19 heavy (non-hydrogen) atoms. The van der Waals surface area contributed by atoms with Gasteiger partial charge in [-0.05, 0) is 12.5 Å². The summed E-state index contributed by atoms with van der Waals surface area (Å²) in [5.74, 6) is -0.419. The van der Waals surface area contributed by atoms with Gasteiger partial charge >= 0.3 is 0 Å². The number of nitrogens with zero attached hydrogens (tertiary/aromatic N) is 2. The van der Waals surface area contributed by atoms with Crippen molar-refractivity contribution in [2.45, 2.75) is 18.9 Å². The zero-order valence-electron chi connectivity index (χ0n) is 10.4. The largest absolute Gasteiger partial charge is 0.389 e. The van der Waals surface area contributed by atoms with Gasteiger partial charge in [0.25, 0.3) is 5.91 Å². The highest BCUT2D eigenvalue weighted by Crippen LogP contribution is 2.19. The van der Waals surface area contributed by atoms with E-state index in [0.717, 1.165) is 4.90 Å². The molecular weight excluding hydrogens is 264 g/mol. The van der Waals surface area contributed by atoms with E-state index in [2.05, 4.69) is 10.3 Å². The van der Waals surface area contributed by atoms with Crippen molar-refractivity contribution in [3.63, 3.8) is 0 Å². The highest BCUT2D eigenvalue weighted by atomic mass is 32.1. The number of rotatable bonds is 3. The third-order valence-corrected chi connectivity index (χ3v) is 3.29. The van der Waals surface area contributed by atoms with E-state index >= 15 is 0 Å². The van der Waals surface area contributed by atoms with E-state index in [4.69, 9.17) is 18.0 Å². The lowest BCUT2D eigenvalue weighted by Crippen LogP contribution is -2.48. The van der Waals surface area contributed by atoms with Crippen LogP contribution in [-0.4, -0.2) is 39.8 Å². The molecule has 3 N–H and O–H groups in total. The standard InChI is InChI=1S/C12H14N4O2S/c1-16-10(17)3-2-8(12(16)18)15-9-6-14-5-4-7(9)11(13)19/h4-6,8,15H,2-3H2,1H3,(H2,13,19). The molecule has 1 aliphatic rings. The van der Waals surface area contributed by atoms with E-state index in [-0.39, 0.29) is 16.8 Å². The number of carbonyl (C=O) groups is 2. The van der Waals surface area contributed by atoms with Crippen molar-refractivity contribution in [2.24, 2.45) is 5.73 Å². The predicted molar refractivity (Wildman–Crippen MR) is 74.5 cm³/mol. The molecule has 0 aliphatic carbocycles. The van der Waals surface area contributed by atoms with Crippen LogP contribution in [0.3, 0.4) is 0 Å². The maximum Gasteiger partial charge on any atom is 0.251 e. The van der Waals surface area contributed by atoms with Gasteiger partial charge in [0.1, 0.15) is 11.0 Å². The first kappa shape index (κ1) is 13.4. The maximum atomic E-state index is 12.0. The summed E-state index contributed by atoms with van der Waals surface area (Å²) in [7, 11) is 1.48. The first-order chi connectivity index (χ1) is 9.00. The van der Waals surface area contributed by atoms with Gasteiger partial charge in [-0.15, -0.1) is 0 Å². The summed E-state index contributed by atoms with van der Waals surface area (Å²) in [6, 6.07) is 1.23. The molecule has 1 aromatic heterocycles. The fourth-order valence-electron chi connectivity index (χ4n) is 1.96. The van der Waals surface area contributed by atoms with Crippen molar-refractivity contribution in [1.29, 1.82) is 0 Å². The molecule has 1 saturated heterocycles. The minimum absolute atomic E-state index is 0.163. The van der Waals surface area contributed by atoms with Crippen LogP contribution in [0.2, 0.25) is 0 Å². The molecule has 1 aliphatic heterocycles. The molecule has 1 unspecified atom stereocenters. The van der Waals surface area contributed by atoms with Crippen LogP contribution in [0.1, 0.15) is 18.4 Å².